The molecule has 0 N–H and O–H groups in total. The summed E-state index contributed by atoms with van der Waals surface area (Å²) in [6.45, 7) is 2.29. The van der Waals surface area contributed by atoms with Crippen LogP contribution in [0.15, 0.2) is 36.4 Å². The van der Waals surface area contributed by atoms with E-state index in [2.05, 4.69) is 91.1 Å². The predicted octanol–water partition coefficient (Wildman–Crippen LogP) is 7.00. The summed E-state index contributed by atoms with van der Waals surface area (Å²) in [6, 6.07) is 12.5. The summed E-state index contributed by atoms with van der Waals surface area (Å²) in [6.07, 6.45) is 0. The van der Waals surface area contributed by atoms with Gasteiger partial charge in [-0.05, 0) is 69.8 Å². The summed E-state index contributed by atoms with van der Waals surface area (Å²) in [4.78, 5) is 0. The van der Waals surface area contributed by atoms with Crippen LogP contribution in [-0.2, 0) is 13.0 Å². The number of fused-ring (bicyclic) bond motifs is 9. The summed E-state index contributed by atoms with van der Waals surface area (Å²) in [5.74, 6) is 3.95. The highest BCUT2D eigenvalue weighted by atomic mass is 79.9. The summed E-state index contributed by atoms with van der Waals surface area (Å²) in [5, 5.41) is 0. The average molecular weight is 711 g/mol. The molecule has 0 bridgehead atoms. The van der Waals surface area contributed by atoms with Crippen LogP contribution in [0.5, 0.6) is 34.5 Å². The van der Waals surface area contributed by atoms with Gasteiger partial charge >= 0.3 is 0 Å². The van der Waals surface area contributed by atoms with Gasteiger partial charge in [-0.15, -0.1) is 0 Å². The number of hydrogen-bond acceptors (Lipinski definition) is 6. The SMILES string of the molecule is COc1cc2c(cc1OC)C1(Br)c3cc(OC)c(OC)cc3C3(Br)c4cc(OC)c(OC)cc4C2(Br)C13C. The minimum absolute atomic E-state index is 0.563. The molecule has 3 aromatic carbocycles. The Bertz CT molecular complexity index is 1250. The van der Waals surface area contributed by atoms with E-state index in [0.29, 0.717) is 34.5 Å². The molecule has 6 nitrogen and oxygen atoms in total. The first kappa shape index (κ1) is 26.1. The van der Waals surface area contributed by atoms with E-state index < -0.39 is 18.4 Å². The van der Waals surface area contributed by atoms with E-state index in [4.69, 9.17) is 28.4 Å². The molecule has 9 heteroatoms. The molecule has 0 saturated heterocycles. The Morgan fingerprint density at radius 1 is 0.395 bits per heavy atom. The summed E-state index contributed by atoms with van der Waals surface area (Å²) in [5.41, 5.74) is 5.88. The van der Waals surface area contributed by atoms with Gasteiger partial charge in [-0.1, -0.05) is 54.7 Å². The van der Waals surface area contributed by atoms with Crippen LogP contribution in [0, 0.1) is 5.41 Å². The van der Waals surface area contributed by atoms with Gasteiger partial charge in [-0.25, -0.2) is 0 Å². The zero-order valence-corrected chi connectivity index (χ0v) is 26.8. The molecule has 3 aliphatic carbocycles. The third-order valence-electron chi connectivity index (χ3n) is 8.86. The molecule has 6 rings (SSSR count). The molecule has 0 aliphatic heterocycles. The molecule has 0 radical (unpaired) electrons. The van der Waals surface area contributed by atoms with E-state index in [0.717, 1.165) is 33.4 Å². The molecule has 0 saturated carbocycles. The van der Waals surface area contributed by atoms with Gasteiger partial charge in [0, 0.05) is 5.41 Å². The smallest absolute Gasteiger partial charge is 0.161 e. The molecule has 200 valence electrons. The number of methoxy groups -OCH3 is 6. The fourth-order valence-corrected chi connectivity index (χ4v) is 11.7. The van der Waals surface area contributed by atoms with Crippen LogP contribution in [0.2, 0.25) is 0 Å². The molecule has 38 heavy (non-hydrogen) atoms. The molecule has 0 fully saturated rings. The lowest BCUT2D eigenvalue weighted by Crippen LogP contribution is -2.47. The first-order valence-electron chi connectivity index (χ1n) is 12.0. The predicted molar refractivity (Wildman–Crippen MR) is 156 cm³/mol. The molecule has 0 aromatic heterocycles. The quantitative estimate of drug-likeness (QED) is 0.257. The van der Waals surface area contributed by atoms with E-state index in [-0.39, 0.29) is 0 Å². The van der Waals surface area contributed by atoms with Crippen molar-refractivity contribution in [1.82, 2.24) is 0 Å². The van der Waals surface area contributed by atoms with Gasteiger partial charge in [0.1, 0.15) is 0 Å². The van der Waals surface area contributed by atoms with Crippen molar-refractivity contribution in [2.24, 2.45) is 5.41 Å². The Morgan fingerprint density at radius 2 is 0.553 bits per heavy atom. The highest BCUT2D eigenvalue weighted by Gasteiger charge is 2.83. The van der Waals surface area contributed by atoms with Gasteiger partial charge in [0.2, 0.25) is 0 Å². The first-order valence-corrected chi connectivity index (χ1v) is 14.3. The number of alkyl halides is 3. The zero-order chi connectivity index (χ0) is 27.4. The molecule has 0 heterocycles. The van der Waals surface area contributed by atoms with Crippen molar-refractivity contribution in [2.45, 2.75) is 19.9 Å². The van der Waals surface area contributed by atoms with Crippen molar-refractivity contribution in [2.75, 3.05) is 42.7 Å². The molecular weight excluding hydrogens is 684 g/mol. The van der Waals surface area contributed by atoms with Crippen LogP contribution in [0.1, 0.15) is 40.3 Å². The molecule has 3 aromatic rings. The minimum atomic E-state index is -0.670. The minimum Gasteiger partial charge on any atom is -0.493 e. The van der Waals surface area contributed by atoms with Crippen LogP contribution >= 0.6 is 47.8 Å². The Kier molecular flexibility index (Phi) is 5.65. The standard InChI is InChI=1S/C29H27Br3O6/c1-26-27(30)14-8-20(33-2)21(34-3)9-15(14)28(26,31)18-12-24(37-6)25(38-7)13-19(18)29(26,32)17-11-23(36-5)22(35-4)10-16(17)27/h8-13H,1-7H3. The number of rotatable bonds is 6. The van der Waals surface area contributed by atoms with Crippen molar-refractivity contribution >= 4 is 47.8 Å². The van der Waals surface area contributed by atoms with Gasteiger partial charge in [0.25, 0.3) is 0 Å². The summed E-state index contributed by atoms with van der Waals surface area (Å²) in [7, 11) is 9.94. The highest BCUT2D eigenvalue weighted by molar-refractivity contribution is 9.11. The van der Waals surface area contributed by atoms with Gasteiger partial charge in [-0.2, -0.15) is 0 Å². The molecular formula is C29H27Br3O6. The van der Waals surface area contributed by atoms with Crippen LogP contribution < -0.4 is 28.4 Å². The van der Waals surface area contributed by atoms with Crippen LogP contribution in [-0.4, -0.2) is 42.7 Å². The summed E-state index contributed by atoms with van der Waals surface area (Å²) >= 11 is 13.1. The number of ether oxygens (including phenoxy) is 6. The average Bonchev–Trinajstić information content (AvgIpc) is 3.29. The Labute approximate surface area is 247 Å². The first-order chi connectivity index (χ1) is 18.1. The van der Waals surface area contributed by atoms with Crippen molar-refractivity contribution < 1.29 is 28.4 Å². The van der Waals surface area contributed by atoms with Crippen LogP contribution in [0.4, 0.5) is 0 Å². The summed E-state index contributed by atoms with van der Waals surface area (Å²) < 4.78 is 32.7. The largest absolute Gasteiger partial charge is 0.493 e. The fourth-order valence-electron chi connectivity index (χ4n) is 7.11. The Balaban J connectivity index is 1.86. The molecule has 0 unspecified atom stereocenters. The van der Waals surface area contributed by atoms with Crippen molar-refractivity contribution in [1.29, 1.82) is 0 Å². The third kappa shape index (κ3) is 2.51. The second kappa shape index (κ2) is 8.21. The second-order valence-electron chi connectivity index (χ2n) is 9.86. The molecule has 0 atom stereocenters. The highest BCUT2D eigenvalue weighted by Crippen LogP contribution is 2.88. The fraction of sp³-hybridized carbons (Fsp3) is 0.379. The molecule has 0 spiro atoms. The van der Waals surface area contributed by atoms with Crippen LogP contribution in [0.25, 0.3) is 0 Å². The van der Waals surface area contributed by atoms with Gasteiger partial charge in [0.05, 0.1) is 55.6 Å². The lowest BCUT2D eigenvalue weighted by molar-refractivity contribution is 0.236. The van der Waals surface area contributed by atoms with E-state index in [1.165, 1.54) is 0 Å². The second-order valence-corrected chi connectivity index (χ2v) is 13.4. The maximum absolute atomic E-state index is 5.78. The Hall–Kier alpha value is -2.10. The van der Waals surface area contributed by atoms with Crippen molar-refractivity contribution in [3.05, 3.63) is 69.8 Å². The third-order valence-corrected chi connectivity index (χ3v) is 13.8. The monoisotopic (exact) mass is 708 g/mol. The maximum Gasteiger partial charge on any atom is 0.161 e. The van der Waals surface area contributed by atoms with Crippen LogP contribution in [0.3, 0.4) is 0 Å². The van der Waals surface area contributed by atoms with Gasteiger partial charge < -0.3 is 28.4 Å². The van der Waals surface area contributed by atoms with Crippen molar-refractivity contribution in [3.63, 3.8) is 0 Å². The lowest BCUT2D eigenvalue weighted by atomic mass is 9.70. The number of halogens is 3. The lowest BCUT2D eigenvalue weighted by Gasteiger charge is -2.45. The van der Waals surface area contributed by atoms with E-state index in [9.17, 15) is 0 Å². The topological polar surface area (TPSA) is 55.4 Å². The van der Waals surface area contributed by atoms with E-state index in [1.54, 1.807) is 42.7 Å². The maximum atomic E-state index is 5.78. The number of hydrogen-bond donors (Lipinski definition) is 0. The number of benzene rings is 3. The van der Waals surface area contributed by atoms with Gasteiger partial charge in [0.15, 0.2) is 34.5 Å². The van der Waals surface area contributed by atoms with Gasteiger partial charge in [-0.3, -0.25) is 0 Å². The van der Waals surface area contributed by atoms with E-state index >= 15 is 0 Å². The zero-order valence-electron chi connectivity index (χ0n) is 22.0. The van der Waals surface area contributed by atoms with E-state index in [1.807, 2.05) is 0 Å². The molecule has 3 aliphatic rings. The normalized spacial score (nSPS) is 29.2. The molecule has 0 amide bonds. The van der Waals surface area contributed by atoms with Crippen molar-refractivity contribution in [3.8, 4) is 34.5 Å². The Morgan fingerprint density at radius 3 is 0.684 bits per heavy atom.